The van der Waals surface area contributed by atoms with E-state index in [0.29, 0.717) is 0 Å². The Hall–Kier alpha value is -1.33. The maximum absolute atomic E-state index is 11.0. The lowest BCUT2D eigenvalue weighted by atomic mass is 10.1. The van der Waals surface area contributed by atoms with Crippen LogP contribution < -0.4 is 5.32 Å². The quantitative estimate of drug-likeness (QED) is 0.147. The third-order valence-electron chi connectivity index (χ3n) is 5.17. The molecule has 0 fully saturated rings. The molecular formula is C24H41NO3S. The second kappa shape index (κ2) is 16.5. The first kappa shape index (κ1) is 25.7. The summed E-state index contributed by atoms with van der Waals surface area (Å²) in [6, 6.07) is 6.20. The van der Waals surface area contributed by atoms with Crippen LogP contribution in [0.5, 0.6) is 0 Å². The topological polar surface area (TPSA) is 66.4 Å². The fraction of sp³-hybridized carbons (Fsp3) is 0.667. The van der Waals surface area contributed by atoms with E-state index in [2.05, 4.69) is 24.4 Å². The molecule has 1 rings (SSSR count). The standard InChI is InChI=1S/C24H41NO3S/c1-2-3-4-5-6-7-8-9-10-11-12-13-14-15-16-17-22-25-23-18-20-24(21-19-23)29(26,27)28/h9-10,18-21,25H,2-8,11-17,22H2,1H3,(H,26,27,28). The van der Waals surface area contributed by atoms with Gasteiger partial charge in [-0.05, 0) is 56.4 Å². The van der Waals surface area contributed by atoms with E-state index in [4.69, 9.17) is 4.55 Å². The van der Waals surface area contributed by atoms with Crippen molar-refractivity contribution in [3.8, 4) is 0 Å². The van der Waals surface area contributed by atoms with E-state index in [0.717, 1.165) is 18.7 Å². The van der Waals surface area contributed by atoms with E-state index < -0.39 is 10.1 Å². The smallest absolute Gasteiger partial charge is 0.294 e. The van der Waals surface area contributed by atoms with Crippen molar-refractivity contribution in [3.05, 3.63) is 36.4 Å². The van der Waals surface area contributed by atoms with E-state index in [1.54, 1.807) is 12.1 Å². The first-order chi connectivity index (χ1) is 14.0. The van der Waals surface area contributed by atoms with Gasteiger partial charge in [-0.2, -0.15) is 8.42 Å². The predicted molar refractivity (Wildman–Crippen MR) is 124 cm³/mol. The number of nitrogens with one attached hydrogen (secondary N) is 1. The lowest BCUT2D eigenvalue weighted by Gasteiger charge is -2.07. The Morgan fingerprint density at radius 1 is 0.759 bits per heavy atom. The lowest BCUT2D eigenvalue weighted by molar-refractivity contribution is 0.483. The molecular weight excluding hydrogens is 382 g/mol. The normalized spacial score (nSPS) is 11.9. The average molecular weight is 424 g/mol. The summed E-state index contributed by atoms with van der Waals surface area (Å²) >= 11 is 0. The largest absolute Gasteiger partial charge is 0.385 e. The highest BCUT2D eigenvalue weighted by molar-refractivity contribution is 7.85. The van der Waals surface area contributed by atoms with Gasteiger partial charge in [-0.3, -0.25) is 4.55 Å². The van der Waals surface area contributed by atoms with Gasteiger partial charge in [0.2, 0.25) is 0 Å². The lowest BCUT2D eigenvalue weighted by Crippen LogP contribution is -2.02. The molecule has 0 aliphatic carbocycles. The number of benzene rings is 1. The van der Waals surface area contributed by atoms with Gasteiger partial charge >= 0.3 is 0 Å². The minimum atomic E-state index is -4.10. The Kier molecular flexibility index (Phi) is 14.6. The molecule has 0 unspecified atom stereocenters. The summed E-state index contributed by atoms with van der Waals surface area (Å²) in [5, 5.41) is 3.29. The SMILES string of the molecule is CCCCCCCCC=CCCCCCCCCNc1ccc(S(=O)(=O)O)cc1. The molecule has 1 aromatic carbocycles. The van der Waals surface area contributed by atoms with Crippen molar-refractivity contribution in [3.63, 3.8) is 0 Å². The molecule has 2 N–H and O–H groups in total. The molecule has 0 radical (unpaired) electrons. The number of anilines is 1. The number of hydrogen-bond acceptors (Lipinski definition) is 3. The van der Waals surface area contributed by atoms with Gasteiger partial charge < -0.3 is 5.32 Å². The third kappa shape index (κ3) is 14.3. The van der Waals surface area contributed by atoms with Gasteiger partial charge in [0, 0.05) is 12.2 Å². The van der Waals surface area contributed by atoms with E-state index in [9.17, 15) is 8.42 Å². The Morgan fingerprint density at radius 3 is 1.76 bits per heavy atom. The zero-order valence-electron chi connectivity index (χ0n) is 18.2. The Labute approximate surface area is 178 Å². The van der Waals surface area contributed by atoms with E-state index in [-0.39, 0.29) is 4.90 Å². The second-order valence-corrected chi connectivity index (χ2v) is 9.29. The van der Waals surface area contributed by atoms with Crippen molar-refractivity contribution in [2.45, 2.75) is 102 Å². The summed E-state index contributed by atoms with van der Waals surface area (Å²) in [7, 11) is -4.10. The van der Waals surface area contributed by atoms with Crippen LogP contribution in [0.2, 0.25) is 0 Å². The molecule has 0 spiro atoms. The number of rotatable bonds is 18. The van der Waals surface area contributed by atoms with Gasteiger partial charge in [0.05, 0.1) is 4.90 Å². The van der Waals surface area contributed by atoms with Crippen LogP contribution in [0.4, 0.5) is 5.69 Å². The number of hydrogen-bond donors (Lipinski definition) is 2. The minimum absolute atomic E-state index is 0.0692. The maximum Gasteiger partial charge on any atom is 0.294 e. The molecule has 0 saturated heterocycles. The summed E-state index contributed by atoms with van der Waals surface area (Å²) in [6.07, 6.45) is 22.9. The van der Waals surface area contributed by atoms with Gasteiger partial charge in [-0.25, -0.2) is 0 Å². The second-order valence-electron chi connectivity index (χ2n) is 7.86. The van der Waals surface area contributed by atoms with Gasteiger partial charge in [0.25, 0.3) is 10.1 Å². The van der Waals surface area contributed by atoms with Crippen LogP contribution in [0.3, 0.4) is 0 Å². The van der Waals surface area contributed by atoms with Crippen LogP contribution in [0, 0.1) is 0 Å². The summed E-state index contributed by atoms with van der Waals surface area (Å²) in [5.74, 6) is 0. The van der Waals surface area contributed by atoms with E-state index in [1.807, 2.05) is 0 Å². The van der Waals surface area contributed by atoms with Crippen LogP contribution in [0.25, 0.3) is 0 Å². The highest BCUT2D eigenvalue weighted by atomic mass is 32.2. The monoisotopic (exact) mass is 423 g/mol. The molecule has 0 aliphatic heterocycles. The molecule has 0 bridgehead atoms. The molecule has 1 aromatic rings. The van der Waals surface area contributed by atoms with Crippen LogP contribution in [0.15, 0.2) is 41.3 Å². The number of allylic oxidation sites excluding steroid dienone is 2. The van der Waals surface area contributed by atoms with Gasteiger partial charge in [-0.1, -0.05) is 76.9 Å². The highest BCUT2D eigenvalue weighted by Gasteiger charge is 2.07. The average Bonchev–Trinajstić information content (AvgIpc) is 2.70. The Morgan fingerprint density at radius 2 is 1.24 bits per heavy atom. The fourth-order valence-corrected chi connectivity index (χ4v) is 3.83. The third-order valence-corrected chi connectivity index (χ3v) is 6.04. The van der Waals surface area contributed by atoms with E-state index >= 15 is 0 Å². The van der Waals surface area contributed by atoms with Crippen molar-refractivity contribution in [1.82, 2.24) is 0 Å². The maximum atomic E-state index is 11.0. The summed E-state index contributed by atoms with van der Waals surface area (Å²) < 4.78 is 31.0. The molecule has 0 aromatic heterocycles. The van der Waals surface area contributed by atoms with Crippen molar-refractivity contribution < 1.29 is 13.0 Å². The minimum Gasteiger partial charge on any atom is -0.385 e. The van der Waals surface area contributed by atoms with Gasteiger partial charge in [-0.15, -0.1) is 0 Å². The van der Waals surface area contributed by atoms with Crippen molar-refractivity contribution in [2.75, 3.05) is 11.9 Å². The summed E-state index contributed by atoms with van der Waals surface area (Å²) in [5.41, 5.74) is 0.880. The Balaban J connectivity index is 1.88. The molecule has 4 nitrogen and oxygen atoms in total. The predicted octanol–water partition coefficient (Wildman–Crippen LogP) is 7.38. The molecule has 0 aliphatic rings. The van der Waals surface area contributed by atoms with Gasteiger partial charge in [0.1, 0.15) is 0 Å². The first-order valence-corrected chi connectivity index (χ1v) is 12.9. The number of unbranched alkanes of at least 4 members (excludes halogenated alkanes) is 12. The summed E-state index contributed by atoms with van der Waals surface area (Å²) in [6.45, 7) is 3.15. The molecule has 5 heteroatoms. The van der Waals surface area contributed by atoms with Crippen molar-refractivity contribution >= 4 is 15.8 Å². The zero-order chi connectivity index (χ0) is 21.2. The van der Waals surface area contributed by atoms with Crippen LogP contribution in [-0.4, -0.2) is 19.5 Å². The Bertz CT molecular complexity index is 639. The van der Waals surface area contributed by atoms with Crippen molar-refractivity contribution in [2.24, 2.45) is 0 Å². The van der Waals surface area contributed by atoms with Crippen LogP contribution >= 0.6 is 0 Å². The zero-order valence-corrected chi connectivity index (χ0v) is 19.1. The molecule has 0 heterocycles. The van der Waals surface area contributed by atoms with Crippen molar-refractivity contribution in [1.29, 1.82) is 0 Å². The van der Waals surface area contributed by atoms with Crippen LogP contribution in [-0.2, 0) is 10.1 Å². The van der Waals surface area contributed by atoms with Gasteiger partial charge in [0.15, 0.2) is 0 Å². The molecule has 29 heavy (non-hydrogen) atoms. The van der Waals surface area contributed by atoms with Crippen LogP contribution in [0.1, 0.15) is 96.8 Å². The van der Waals surface area contributed by atoms with E-state index in [1.165, 1.54) is 95.6 Å². The first-order valence-electron chi connectivity index (χ1n) is 11.5. The molecule has 166 valence electrons. The molecule has 0 saturated carbocycles. The fourth-order valence-electron chi connectivity index (χ4n) is 3.35. The molecule has 0 atom stereocenters. The summed E-state index contributed by atoms with van der Waals surface area (Å²) in [4.78, 5) is -0.0692. The molecule has 0 amide bonds. The highest BCUT2D eigenvalue weighted by Crippen LogP contribution is 2.14.